The molecule has 4 rings (SSSR count). The summed E-state index contributed by atoms with van der Waals surface area (Å²) in [6, 6.07) is 8.39. The van der Waals surface area contributed by atoms with E-state index in [0.717, 1.165) is 6.42 Å². The van der Waals surface area contributed by atoms with Gasteiger partial charge in [0.25, 0.3) is 17.7 Å². The number of carbonyl (C=O) groups excluding carboxylic acids is 3. The van der Waals surface area contributed by atoms with Crippen LogP contribution in [0.2, 0.25) is 0 Å². The highest BCUT2D eigenvalue weighted by molar-refractivity contribution is 6.22. The summed E-state index contributed by atoms with van der Waals surface area (Å²) in [5, 5.41) is 13.6. The van der Waals surface area contributed by atoms with E-state index in [9.17, 15) is 18.8 Å². The van der Waals surface area contributed by atoms with Crippen LogP contribution in [0.1, 0.15) is 56.7 Å². The van der Waals surface area contributed by atoms with Crippen LogP contribution in [-0.2, 0) is 0 Å². The number of tetrazole rings is 1. The Morgan fingerprint density at radius 3 is 2.58 bits per heavy atom. The standard InChI is InChI=1S/C21H19FN6O3/c1-3-4-9-27-20(30)15-7-5-13(10-16(15)21(27)31)19(29)23-14-6-8-17(22)18(11-14)28-12(2)24-25-26-28/h5-8,10-11H,3-4,9H2,1-2H3,(H,23,29). The van der Waals surface area contributed by atoms with Gasteiger partial charge in [-0.15, -0.1) is 5.10 Å². The van der Waals surface area contributed by atoms with Crippen LogP contribution < -0.4 is 5.32 Å². The first kappa shape index (κ1) is 20.3. The molecular weight excluding hydrogens is 403 g/mol. The lowest BCUT2D eigenvalue weighted by atomic mass is 10.1. The monoisotopic (exact) mass is 422 g/mol. The van der Waals surface area contributed by atoms with Gasteiger partial charge in [-0.2, -0.15) is 4.68 Å². The van der Waals surface area contributed by atoms with Crippen molar-refractivity contribution in [2.75, 3.05) is 11.9 Å². The first-order valence-electron chi connectivity index (χ1n) is 9.77. The Kier molecular flexibility index (Phi) is 5.28. The summed E-state index contributed by atoms with van der Waals surface area (Å²) >= 11 is 0. The number of rotatable bonds is 6. The van der Waals surface area contributed by atoms with Gasteiger partial charge in [0.15, 0.2) is 5.82 Å². The third kappa shape index (κ3) is 3.67. The fraction of sp³-hybridized carbons (Fsp3) is 0.238. The van der Waals surface area contributed by atoms with Gasteiger partial charge in [0, 0.05) is 17.8 Å². The van der Waals surface area contributed by atoms with Crippen LogP contribution in [0.4, 0.5) is 10.1 Å². The minimum Gasteiger partial charge on any atom is -0.322 e. The second-order valence-electron chi connectivity index (χ2n) is 7.13. The Morgan fingerprint density at radius 2 is 1.87 bits per heavy atom. The smallest absolute Gasteiger partial charge is 0.261 e. The van der Waals surface area contributed by atoms with Crippen molar-refractivity contribution in [3.8, 4) is 5.69 Å². The molecule has 0 spiro atoms. The zero-order valence-electron chi connectivity index (χ0n) is 16.9. The fourth-order valence-corrected chi connectivity index (χ4v) is 3.36. The van der Waals surface area contributed by atoms with E-state index < -0.39 is 17.6 Å². The number of aromatic nitrogens is 4. The molecule has 1 aromatic heterocycles. The van der Waals surface area contributed by atoms with Crippen LogP contribution in [0.15, 0.2) is 36.4 Å². The zero-order valence-corrected chi connectivity index (χ0v) is 16.9. The molecule has 0 saturated carbocycles. The predicted molar refractivity (Wildman–Crippen MR) is 109 cm³/mol. The molecular formula is C21H19FN6O3. The summed E-state index contributed by atoms with van der Waals surface area (Å²) in [5.74, 6) is -1.42. The number of benzene rings is 2. The minimum absolute atomic E-state index is 0.0848. The number of hydrogen-bond acceptors (Lipinski definition) is 6. The number of anilines is 1. The number of hydrogen-bond donors (Lipinski definition) is 1. The third-order valence-corrected chi connectivity index (χ3v) is 5.03. The lowest BCUT2D eigenvalue weighted by molar-refractivity contribution is 0.0652. The number of nitrogens with zero attached hydrogens (tertiary/aromatic N) is 5. The van der Waals surface area contributed by atoms with Gasteiger partial charge in [-0.05, 0) is 60.2 Å². The highest BCUT2D eigenvalue weighted by Gasteiger charge is 2.35. The fourth-order valence-electron chi connectivity index (χ4n) is 3.36. The molecule has 1 N–H and O–H groups in total. The van der Waals surface area contributed by atoms with Crippen LogP contribution in [0.5, 0.6) is 0 Å². The molecule has 0 saturated heterocycles. The molecule has 9 nitrogen and oxygen atoms in total. The second-order valence-corrected chi connectivity index (χ2v) is 7.13. The van der Waals surface area contributed by atoms with Crippen molar-refractivity contribution in [2.45, 2.75) is 26.7 Å². The molecule has 1 aliphatic rings. The number of carbonyl (C=O) groups is 3. The molecule has 158 valence electrons. The van der Waals surface area contributed by atoms with E-state index >= 15 is 0 Å². The van der Waals surface area contributed by atoms with Crippen LogP contribution in [-0.4, -0.2) is 49.4 Å². The van der Waals surface area contributed by atoms with Gasteiger partial charge in [-0.3, -0.25) is 19.3 Å². The van der Waals surface area contributed by atoms with Gasteiger partial charge in [0.2, 0.25) is 0 Å². The Labute approximate surface area is 176 Å². The normalized spacial score (nSPS) is 12.9. The lowest BCUT2D eigenvalue weighted by Gasteiger charge is -2.12. The summed E-state index contributed by atoms with van der Waals surface area (Å²) in [7, 11) is 0. The molecule has 10 heteroatoms. The summed E-state index contributed by atoms with van der Waals surface area (Å²) < 4.78 is 15.4. The second kappa shape index (κ2) is 8.05. The Hall–Kier alpha value is -3.95. The topological polar surface area (TPSA) is 110 Å². The molecule has 31 heavy (non-hydrogen) atoms. The van der Waals surface area contributed by atoms with Crippen molar-refractivity contribution in [3.63, 3.8) is 0 Å². The van der Waals surface area contributed by atoms with Gasteiger partial charge in [0.05, 0.1) is 11.1 Å². The maximum Gasteiger partial charge on any atom is 0.261 e. The largest absolute Gasteiger partial charge is 0.322 e. The molecule has 0 aliphatic carbocycles. The SMILES string of the molecule is CCCCN1C(=O)c2ccc(C(=O)Nc3ccc(F)c(-n4nnnc4C)c3)cc2C1=O. The minimum atomic E-state index is -0.554. The number of aryl methyl sites for hydroxylation is 1. The molecule has 0 unspecified atom stereocenters. The predicted octanol–water partition coefficient (Wildman–Crippen LogP) is 2.76. The summed E-state index contributed by atoms with van der Waals surface area (Å²) in [6.07, 6.45) is 1.57. The van der Waals surface area contributed by atoms with Crippen LogP contribution >= 0.6 is 0 Å². The van der Waals surface area contributed by atoms with Gasteiger partial charge in [-0.25, -0.2) is 4.39 Å². The van der Waals surface area contributed by atoms with E-state index in [0.29, 0.717) is 24.5 Å². The molecule has 2 aromatic carbocycles. The number of unbranched alkanes of at least 4 members (excludes halogenated alkanes) is 1. The number of imide groups is 1. The highest BCUT2D eigenvalue weighted by Crippen LogP contribution is 2.25. The Balaban J connectivity index is 1.57. The molecule has 1 aliphatic heterocycles. The summed E-state index contributed by atoms with van der Waals surface area (Å²) in [6.45, 7) is 3.94. The maximum atomic E-state index is 14.2. The molecule has 0 radical (unpaired) electrons. The van der Waals surface area contributed by atoms with Crippen LogP contribution in [0, 0.1) is 12.7 Å². The van der Waals surface area contributed by atoms with Crippen LogP contribution in [0.25, 0.3) is 5.69 Å². The lowest BCUT2D eigenvalue weighted by Crippen LogP contribution is -2.30. The van der Waals surface area contributed by atoms with Crippen molar-refractivity contribution in [3.05, 3.63) is 64.7 Å². The number of fused-ring (bicyclic) bond motifs is 1. The zero-order chi connectivity index (χ0) is 22.1. The number of nitrogens with one attached hydrogen (secondary N) is 1. The van der Waals surface area contributed by atoms with Crippen molar-refractivity contribution in [2.24, 2.45) is 0 Å². The van der Waals surface area contributed by atoms with Crippen molar-refractivity contribution >= 4 is 23.4 Å². The highest BCUT2D eigenvalue weighted by atomic mass is 19.1. The summed E-state index contributed by atoms with van der Waals surface area (Å²) in [5.41, 5.74) is 1.11. The van der Waals surface area contributed by atoms with Crippen LogP contribution in [0.3, 0.4) is 0 Å². The van der Waals surface area contributed by atoms with E-state index in [1.165, 1.54) is 46.0 Å². The Bertz CT molecular complexity index is 1210. The first-order valence-corrected chi connectivity index (χ1v) is 9.77. The van der Waals surface area contributed by atoms with Gasteiger partial charge >= 0.3 is 0 Å². The number of halogens is 1. The first-order chi connectivity index (χ1) is 14.9. The molecule has 3 amide bonds. The summed E-state index contributed by atoms with van der Waals surface area (Å²) in [4.78, 5) is 39.0. The van der Waals surface area contributed by atoms with Gasteiger partial charge < -0.3 is 5.32 Å². The Morgan fingerprint density at radius 1 is 1.10 bits per heavy atom. The van der Waals surface area contributed by atoms with E-state index in [-0.39, 0.29) is 28.3 Å². The quantitative estimate of drug-likeness (QED) is 0.612. The molecule has 0 atom stereocenters. The molecule has 3 aromatic rings. The van der Waals surface area contributed by atoms with Crippen molar-refractivity contribution in [1.82, 2.24) is 25.1 Å². The third-order valence-electron chi connectivity index (χ3n) is 5.03. The molecule has 0 fully saturated rings. The van der Waals surface area contributed by atoms with Crippen molar-refractivity contribution < 1.29 is 18.8 Å². The molecule has 0 bridgehead atoms. The average molecular weight is 422 g/mol. The van der Waals surface area contributed by atoms with E-state index in [1.54, 1.807) is 6.92 Å². The van der Waals surface area contributed by atoms with Gasteiger partial charge in [0.1, 0.15) is 11.5 Å². The van der Waals surface area contributed by atoms with Gasteiger partial charge in [-0.1, -0.05) is 13.3 Å². The average Bonchev–Trinajstić information content (AvgIpc) is 3.29. The van der Waals surface area contributed by atoms with Crippen molar-refractivity contribution in [1.29, 1.82) is 0 Å². The van der Waals surface area contributed by atoms with E-state index in [1.807, 2.05) is 6.92 Å². The number of amides is 3. The molecule has 2 heterocycles. The van der Waals surface area contributed by atoms with E-state index in [2.05, 4.69) is 20.8 Å². The maximum absolute atomic E-state index is 14.2. The van der Waals surface area contributed by atoms with E-state index in [4.69, 9.17) is 0 Å².